The molecule has 0 spiro atoms. The second kappa shape index (κ2) is 9.32. The standard InChI is InChI=1S/C20H27N3O4S/c1-12-6-5-7-16(13(12)2)21-18(24)11-28-20-23-22-19(27-20)15-9-8-14(25-3)10-17(15)26-4/h8-10,12-13,16H,5-7,11H2,1-4H3,(H,21,24)/t12-,13-,16+/m1/s1. The molecule has 28 heavy (non-hydrogen) atoms. The van der Waals surface area contributed by atoms with E-state index in [1.807, 2.05) is 0 Å². The number of nitrogens with zero attached hydrogens (tertiary/aromatic N) is 2. The average molecular weight is 406 g/mol. The predicted molar refractivity (Wildman–Crippen MR) is 108 cm³/mol. The van der Waals surface area contributed by atoms with Crippen molar-refractivity contribution in [3.63, 3.8) is 0 Å². The van der Waals surface area contributed by atoms with Gasteiger partial charge >= 0.3 is 0 Å². The van der Waals surface area contributed by atoms with Crippen molar-refractivity contribution >= 4 is 17.7 Å². The van der Waals surface area contributed by atoms with Crippen LogP contribution >= 0.6 is 11.8 Å². The number of benzene rings is 1. The lowest BCUT2D eigenvalue weighted by atomic mass is 9.78. The molecule has 2 aromatic rings. The molecule has 1 amide bonds. The molecule has 152 valence electrons. The molecule has 1 N–H and O–H groups in total. The molecular weight excluding hydrogens is 378 g/mol. The number of ether oxygens (including phenoxy) is 2. The summed E-state index contributed by atoms with van der Waals surface area (Å²) in [6.45, 7) is 4.47. The van der Waals surface area contributed by atoms with Crippen molar-refractivity contribution in [2.45, 2.75) is 44.4 Å². The summed E-state index contributed by atoms with van der Waals surface area (Å²) in [5.74, 6) is 2.99. The molecule has 1 aliphatic carbocycles. The van der Waals surface area contributed by atoms with E-state index in [0.29, 0.717) is 40.0 Å². The second-order valence-electron chi connectivity index (χ2n) is 7.17. The highest BCUT2D eigenvalue weighted by molar-refractivity contribution is 7.99. The second-order valence-corrected chi connectivity index (χ2v) is 8.10. The minimum absolute atomic E-state index is 0.00210. The van der Waals surface area contributed by atoms with Gasteiger partial charge in [0.15, 0.2) is 0 Å². The molecule has 1 heterocycles. The van der Waals surface area contributed by atoms with Crippen molar-refractivity contribution in [2.24, 2.45) is 11.8 Å². The van der Waals surface area contributed by atoms with Crippen molar-refractivity contribution in [3.05, 3.63) is 18.2 Å². The zero-order valence-corrected chi connectivity index (χ0v) is 17.5. The van der Waals surface area contributed by atoms with Crippen LogP contribution in [-0.4, -0.2) is 42.1 Å². The van der Waals surface area contributed by atoms with Crippen LogP contribution in [0.15, 0.2) is 27.8 Å². The summed E-state index contributed by atoms with van der Waals surface area (Å²) in [5.41, 5.74) is 0.678. The number of aromatic nitrogens is 2. The number of carbonyl (C=O) groups excluding carboxylic acids is 1. The molecule has 1 aromatic heterocycles. The Bertz CT molecular complexity index is 810. The topological polar surface area (TPSA) is 86.5 Å². The normalized spacial score (nSPS) is 21.9. The number of carbonyl (C=O) groups is 1. The predicted octanol–water partition coefficient (Wildman–Crippen LogP) is 3.79. The van der Waals surface area contributed by atoms with E-state index in [0.717, 1.165) is 6.42 Å². The Morgan fingerprint density at radius 1 is 1.25 bits per heavy atom. The van der Waals surface area contributed by atoms with E-state index < -0.39 is 0 Å². The number of thioether (sulfide) groups is 1. The maximum atomic E-state index is 12.3. The van der Waals surface area contributed by atoms with Crippen LogP contribution in [-0.2, 0) is 4.79 Å². The molecule has 3 atom stereocenters. The van der Waals surface area contributed by atoms with E-state index in [-0.39, 0.29) is 17.7 Å². The van der Waals surface area contributed by atoms with Crippen LogP contribution in [0.25, 0.3) is 11.5 Å². The van der Waals surface area contributed by atoms with Gasteiger partial charge in [-0.05, 0) is 30.4 Å². The van der Waals surface area contributed by atoms with Gasteiger partial charge in [-0.15, -0.1) is 10.2 Å². The maximum absolute atomic E-state index is 12.3. The fraction of sp³-hybridized carbons (Fsp3) is 0.550. The van der Waals surface area contributed by atoms with Gasteiger partial charge in [0.2, 0.25) is 5.91 Å². The zero-order valence-electron chi connectivity index (χ0n) is 16.7. The van der Waals surface area contributed by atoms with Gasteiger partial charge in [-0.25, -0.2) is 0 Å². The minimum atomic E-state index is -0.00210. The van der Waals surface area contributed by atoms with E-state index in [1.165, 1.54) is 24.6 Å². The van der Waals surface area contributed by atoms with Crippen molar-refractivity contribution in [2.75, 3.05) is 20.0 Å². The average Bonchev–Trinajstić information content (AvgIpc) is 3.18. The first-order valence-electron chi connectivity index (χ1n) is 9.50. The number of hydrogen-bond donors (Lipinski definition) is 1. The third kappa shape index (κ3) is 4.79. The Hall–Kier alpha value is -2.22. The lowest BCUT2D eigenvalue weighted by molar-refractivity contribution is -0.120. The Balaban J connectivity index is 1.58. The Kier molecular flexibility index (Phi) is 6.83. The molecule has 0 saturated heterocycles. The molecule has 1 aromatic carbocycles. The van der Waals surface area contributed by atoms with E-state index in [1.54, 1.807) is 32.4 Å². The lowest BCUT2D eigenvalue weighted by Crippen LogP contribution is -2.44. The highest BCUT2D eigenvalue weighted by Gasteiger charge is 2.28. The van der Waals surface area contributed by atoms with Gasteiger partial charge in [0.1, 0.15) is 11.5 Å². The molecule has 8 heteroatoms. The monoisotopic (exact) mass is 405 g/mol. The molecule has 3 rings (SSSR count). The summed E-state index contributed by atoms with van der Waals surface area (Å²) >= 11 is 1.24. The van der Waals surface area contributed by atoms with E-state index in [4.69, 9.17) is 13.9 Å². The summed E-state index contributed by atoms with van der Waals surface area (Å²) in [4.78, 5) is 12.3. The summed E-state index contributed by atoms with van der Waals surface area (Å²) in [5, 5.41) is 11.6. The first kappa shape index (κ1) is 20.5. The van der Waals surface area contributed by atoms with Gasteiger partial charge in [0, 0.05) is 12.1 Å². The van der Waals surface area contributed by atoms with Gasteiger partial charge in [-0.3, -0.25) is 4.79 Å². The van der Waals surface area contributed by atoms with Crippen LogP contribution < -0.4 is 14.8 Å². The summed E-state index contributed by atoms with van der Waals surface area (Å²) in [6.07, 6.45) is 3.45. The van der Waals surface area contributed by atoms with Gasteiger partial charge < -0.3 is 19.2 Å². The first-order chi connectivity index (χ1) is 13.5. The zero-order chi connectivity index (χ0) is 20.1. The molecule has 7 nitrogen and oxygen atoms in total. The van der Waals surface area contributed by atoms with Crippen LogP contribution in [0.2, 0.25) is 0 Å². The SMILES string of the molecule is COc1ccc(-c2nnc(SCC(=O)N[C@H]3CCC[C@@H](C)[C@H]3C)o2)c(OC)c1. The number of hydrogen-bond acceptors (Lipinski definition) is 7. The van der Waals surface area contributed by atoms with Crippen LogP contribution in [0, 0.1) is 11.8 Å². The van der Waals surface area contributed by atoms with Crippen LogP contribution in [0.4, 0.5) is 0 Å². The largest absolute Gasteiger partial charge is 0.497 e. The van der Waals surface area contributed by atoms with Gasteiger partial charge in [0.25, 0.3) is 11.1 Å². The molecule has 0 radical (unpaired) electrons. The van der Waals surface area contributed by atoms with Gasteiger partial charge in [-0.1, -0.05) is 38.5 Å². The molecule has 0 unspecified atom stereocenters. The van der Waals surface area contributed by atoms with Gasteiger partial charge in [0.05, 0.1) is 25.5 Å². The van der Waals surface area contributed by atoms with E-state index >= 15 is 0 Å². The molecule has 1 aliphatic rings. The number of amides is 1. The smallest absolute Gasteiger partial charge is 0.277 e. The van der Waals surface area contributed by atoms with Crippen LogP contribution in [0.3, 0.4) is 0 Å². The number of nitrogens with one attached hydrogen (secondary N) is 1. The van der Waals surface area contributed by atoms with E-state index in [9.17, 15) is 4.79 Å². The number of rotatable bonds is 7. The fourth-order valence-corrected chi connectivity index (χ4v) is 4.09. The minimum Gasteiger partial charge on any atom is -0.497 e. The molecule has 1 fully saturated rings. The fourth-order valence-electron chi connectivity index (χ4n) is 3.51. The Morgan fingerprint density at radius 3 is 2.82 bits per heavy atom. The first-order valence-corrected chi connectivity index (χ1v) is 10.5. The lowest BCUT2D eigenvalue weighted by Gasteiger charge is -2.34. The third-order valence-electron chi connectivity index (χ3n) is 5.43. The van der Waals surface area contributed by atoms with Crippen molar-refractivity contribution in [1.29, 1.82) is 0 Å². The van der Waals surface area contributed by atoms with Crippen molar-refractivity contribution in [3.8, 4) is 23.0 Å². The van der Waals surface area contributed by atoms with Crippen LogP contribution in [0.1, 0.15) is 33.1 Å². The van der Waals surface area contributed by atoms with E-state index in [2.05, 4.69) is 29.4 Å². The summed E-state index contributed by atoms with van der Waals surface area (Å²) in [6, 6.07) is 5.61. The number of methoxy groups -OCH3 is 2. The summed E-state index contributed by atoms with van der Waals surface area (Å²) in [7, 11) is 3.16. The molecule has 0 aliphatic heterocycles. The van der Waals surface area contributed by atoms with Crippen LogP contribution in [0.5, 0.6) is 11.5 Å². The van der Waals surface area contributed by atoms with Crippen molar-refractivity contribution in [1.82, 2.24) is 15.5 Å². The quantitative estimate of drug-likeness (QED) is 0.701. The maximum Gasteiger partial charge on any atom is 0.277 e. The molecular formula is C20H27N3O4S. The third-order valence-corrected chi connectivity index (χ3v) is 6.24. The van der Waals surface area contributed by atoms with Crippen molar-refractivity contribution < 1.29 is 18.7 Å². The Morgan fingerprint density at radius 2 is 2.07 bits per heavy atom. The van der Waals surface area contributed by atoms with Gasteiger partial charge in [-0.2, -0.15) is 0 Å². The highest BCUT2D eigenvalue weighted by atomic mass is 32.2. The highest BCUT2D eigenvalue weighted by Crippen LogP contribution is 2.34. The molecule has 0 bridgehead atoms. The molecule has 1 saturated carbocycles. The summed E-state index contributed by atoms with van der Waals surface area (Å²) < 4.78 is 16.3. The Labute approximate surface area is 169 Å².